The summed E-state index contributed by atoms with van der Waals surface area (Å²) in [5, 5.41) is 3.18. The molecule has 1 aromatic heterocycles. The molecule has 0 aliphatic heterocycles. The first kappa shape index (κ1) is 8.07. The van der Waals surface area contributed by atoms with Gasteiger partial charge in [-0.05, 0) is 6.54 Å². The van der Waals surface area contributed by atoms with Crippen molar-refractivity contribution >= 4 is 5.82 Å². The molecule has 4 heteroatoms. The first-order valence-electron chi connectivity index (χ1n) is 3.72. The Kier molecular flexibility index (Phi) is 2.48. The monoisotopic (exact) mass is 154 g/mol. The minimum absolute atomic E-state index is 0.706. The molecule has 0 spiro atoms. The molecule has 0 saturated carbocycles. The topological polar surface area (TPSA) is 55.9 Å². The lowest BCUT2D eigenvalue weighted by molar-refractivity contribution is 0.663. The summed E-state index contributed by atoms with van der Waals surface area (Å²) >= 11 is 0. The van der Waals surface area contributed by atoms with Crippen molar-refractivity contribution in [2.24, 2.45) is 7.05 Å². The second kappa shape index (κ2) is 3.39. The highest BCUT2D eigenvalue weighted by Gasteiger charge is 2.00. The molecule has 1 heterocycles. The fourth-order valence-electron chi connectivity index (χ4n) is 0.864. The molecule has 4 nitrogen and oxygen atoms in total. The third kappa shape index (κ3) is 1.71. The van der Waals surface area contributed by atoms with Crippen molar-refractivity contribution < 1.29 is 0 Å². The molecule has 1 rings (SSSR count). The van der Waals surface area contributed by atoms with E-state index >= 15 is 0 Å². The molecule has 3 N–H and O–H groups in total. The molecular formula is C7H14N4. The maximum atomic E-state index is 5.59. The van der Waals surface area contributed by atoms with Crippen LogP contribution in [0.25, 0.3) is 0 Å². The Hall–Kier alpha value is -1.03. The van der Waals surface area contributed by atoms with Crippen LogP contribution in [-0.4, -0.2) is 16.1 Å². The van der Waals surface area contributed by atoms with E-state index in [0.717, 1.165) is 18.9 Å². The number of aromatic nitrogens is 2. The molecule has 0 unspecified atom stereocenters. The van der Waals surface area contributed by atoms with E-state index in [0.29, 0.717) is 5.82 Å². The van der Waals surface area contributed by atoms with Crippen molar-refractivity contribution in [2.75, 3.05) is 12.3 Å². The fourth-order valence-corrected chi connectivity index (χ4v) is 0.864. The zero-order valence-corrected chi connectivity index (χ0v) is 6.96. The van der Waals surface area contributed by atoms with Gasteiger partial charge in [0.05, 0.1) is 12.7 Å². The first-order valence-corrected chi connectivity index (χ1v) is 3.72. The van der Waals surface area contributed by atoms with Crippen LogP contribution in [0.4, 0.5) is 5.82 Å². The van der Waals surface area contributed by atoms with E-state index in [4.69, 9.17) is 5.73 Å². The smallest absolute Gasteiger partial charge is 0.124 e. The summed E-state index contributed by atoms with van der Waals surface area (Å²) in [4.78, 5) is 4.13. The predicted molar refractivity (Wildman–Crippen MR) is 45.0 cm³/mol. The number of hydrogen-bond donors (Lipinski definition) is 2. The quantitative estimate of drug-likeness (QED) is 0.649. The lowest BCUT2D eigenvalue weighted by atomic mass is 10.5. The molecule has 11 heavy (non-hydrogen) atoms. The van der Waals surface area contributed by atoms with Gasteiger partial charge in [-0.15, -0.1) is 0 Å². The number of nitrogen functional groups attached to an aromatic ring is 1. The van der Waals surface area contributed by atoms with E-state index in [9.17, 15) is 0 Å². The van der Waals surface area contributed by atoms with Gasteiger partial charge in [0.25, 0.3) is 0 Å². The van der Waals surface area contributed by atoms with Crippen molar-refractivity contribution in [3.05, 3.63) is 12.0 Å². The maximum Gasteiger partial charge on any atom is 0.124 e. The van der Waals surface area contributed by atoms with Gasteiger partial charge in [0.2, 0.25) is 0 Å². The van der Waals surface area contributed by atoms with E-state index in [2.05, 4.69) is 17.2 Å². The average Bonchev–Trinajstić information content (AvgIpc) is 2.31. The van der Waals surface area contributed by atoms with E-state index in [1.54, 1.807) is 6.20 Å². The van der Waals surface area contributed by atoms with E-state index in [1.807, 2.05) is 11.6 Å². The van der Waals surface area contributed by atoms with Gasteiger partial charge in [-0.3, -0.25) is 0 Å². The first-order chi connectivity index (χ1) is 5.25. The van der Waals surface area contributed by atoms with Crippen LogP contribution in [0.1, 0.15) is 12.7 Å². The number of rotatable bonds is 3. The highest BCUT2D eigenvalue weighted by molar-refractivity contribution is 5.27. The SMILES string of the molecule is CCNCc1ncc(N)n1C. The summed E-state index contributed by atoms with van der Waals surface area (Å²) in [5.41, 5.74) is 5.59. The molecule has 0 saturated heterocycles. The van der Waals surface area contributed by atoms with Crippen molar-refractivity contribution in [3.8, 4) is 0 Å². The Morgan fingerprint density at radius 3 is 2.91 bits per heavy atom. The summed E-state index contributed by atoms with van der Waals surface area (Å²) in [6, 6.07) is 0. The Morgan fingerprint density at radius 1 is 1.73 bits per heavy atom. The molecular weight excluding hydrogens is 140 g/mol. The van der Waals surface area contributed by atoms with Gasteiger partial charge in [-0.25, -0.2) is 4.98 Å². The normalized spacial score (nSPS) is 10.4. The number of nitrogens with two attached hydrogens (primary N) is 1. The second-order valence-electron chi connectivity index (χ2n) is 2.44. The van der Waals surface area contributed by atoms with Gasteiger partial charge in [0.15, 0.2) is 0 Å². The number of anilines is 1. The summed E-state index contributed by atoms with van der Waals surface area (Å²) in [5.74, 6) is 1.68. The van der Waals surface area contributed by atoms with Gasteiger partial charge in [0.1, 0.15) is 11.6 Å². The molecule has 0 atom stereocenters. The van der Waals surface area contributed by atoms with Crippen LogP contribution in [0.15, 0.2) is 6.20 Å². The lowest BCUT2D eigenvalue weighted by Gasteiger charge is -2.02. The molecule has 62 valence electrons. The lowest BCUT2D eigenvalue weighted by Crippen LogP contribution is -2.15. The Labute approximate surface area is 66.4 Å². The fraction of sp³-hybridized carbons (Fsp3) is 0.571. The summed E-state index contributed by atoms with van der Waals surface area (Å²) < 4.78 is 1.88. The number of nitrogens with zero attached hydrogens (tertiary/aromatic N) is 2. The maximum absolute atomic E-state index is 5.59. The van der Waals surface area contributed by atoms with Crippen LogP contribution < -0.4 is 11.1 Å². The molecule has 0 bridgehead atoms. The van der Waals surface area contributed by atoms with E-state index in [-0.39, 0.29) is 0 Å². The molecule has 0 aliphatic carbocycles. The van der Waals surface area contributed by atoms with Crippen LogP contribution in [-0.2, 0) is 13.6 Å². The minimum atomic E-state index is 0.706. The third-order valence-electron chi connectivity index (χ3n) is 1.65. The molecule has 0 aliphatic rings. The largest absolute Gasteiger partial charge is 0.384 e. The summed E-state index contributed by atoms with van der Waals surface area (Å²) in [7, 11) is 1.91. The Balaban J connectivity index is 2.63. The van der Waals surface area contributed by atoms with Gasteiger partial charge < -0.3 is 15.6 Å². The van der Waals surface area contributed by atoms with Crippen molar-refractivity contribution in [2.45, 2.75) is 13.5 Å². The summed E-state index contributed by atoms with van der Waals surface area (Å²) in [6.45, 7) is 3.79. The third-order valence-corrected chi connectivity index (χ3v) is 1.65. The summed E-state index contributed by atoms with van der Waals surface area (Å²) in [6.07, 6.45) is 1.67. The van der Waals surface area contributed by atoms with Crippen LogP contribution in [0.3, 0.4) is 0 Å². The van der Waals surface area contributed by atoms with Gasteiger partial charge in [0, 0.05) is 7.05 Å². The standard InChI is InChI=1S/C7H14N4/c1-3-9-5-7-10-4-6(8)11(7)2/h4,9H,3,5,8H2,1-2H3. The van der Waals surface area contributed by atoms with Crippen LogP contribution in [0, 0.1) is 0 Å². The van der Waals surface area contributed by atoms with Gasteiger partial charge in [-0.1, -0.05) is 6.92 Å². The molecule has 0 aromatic carbocycles. The minimum Gasteiger partial charge on any atom is -0.384 e. The number of hydrogen-bond acceptors (Lipinski definition) is 3. The molecule has 0 radical (unpaired) electrons. The Morgan fingerprint density at radius 2 is 2.45 bits per heavy atom. The van der Waals surface area contributed by atoms with Gasteiger partial charge >= 0.3 is 0 Å². The zero-order valence-electron chi connectivity index (χ0n) is 6.96. The highest BCUT2D eigenvalue weighted by Crippen LogP contribution is 2.02. The van der Waals surface area contributed by atoms with Gasteiger partial charge in [-0.2, -0.15) is 0 Å². The number of nitrogens with one attached hydrogen (secondary N) is 1. The van der Waals surface area contributed by atoms with E-state index in [1.165, 1.54) is 0 Å². The van der Waals surface area contributed by atoms with E-state index < -0.39 is 0 Å². The highest BCUT2D eigenvalue weighted by atomic mass is 15.1. The zero-order chi connectivity index (χ0) is 8.27. The van der Waals surface area contributed by atoms with Crippen molar-refractivity contribution in [1.82, 2.24) is 14.9 Å². The van der Waals surface area contributed by atoms with Crippen molar-refractivity contribution in [1.29, 1.82) is 0 Å². The molecule has 1 aromatic rings. The second-order valence-corrected chi connectivity index (χ2v) is 2.44. The van der Waals surface area contributed by atoms with Crippen LogP contribution >= 0.6 is 0 Å². The molecule has 0 amide bonds. The van der Waals surface area contributed by atoms with Crippen LogP contribution in [0.5, 0.6) is 0 Å². The predicted octanol–water partition coefficient (Wildman–Crippen LogP) is 0.112. The van der Waals surface area contributed by atoms with Crippen LogP contribution in [0.2, 0.25) is 0 Å². The Bertz CT molecular complexity index is 228. The average molecular weight is 154 g/mol. The molecule has 0 fully saturated rings. The van der Waals surface area contributed by atoms with Crippen molar-refractivity contribution in [3.63, 3.8) is 0 Å². The number of imidazole rings is 1.